The van der Waals surface area contributed by atoms with E-state index in [0.717, 1.165) is 22.2 Å². The average Bonchev–Trinajstić information content (AvgIpc) is 3.03. The lowest BCUT2D eigenvalue weighted by molar-refractivity contribution is 0.129. The van der Waals surface area contributed by atoms with Crippen LogP contribution in [0.15, 0.2) is 11.1 Å². The van der Waals surface area contributed by atoms with Crippen molar-refractivity contribution < 1.29 is 4.74 Å². The van der Waals surface area contributed by atoms with Crippen LogP contribution >= 0.6 is 23.1 Å². The molecule has 1 aliphatic heterocycles. The highest BCUT2D eigenvalue weighted by atomic mass is 32.2. The van der Waals surface area contributed by atoms with Gasteiger partial charge in [0.25, 0.3) is 0 Å². The molecular weight excluding hydrogens is 278 g/mol. The van der Waals surface area contributed by atoms with Gasteiger partial charge in [0, 0.05) is 29.7 Å². The van der Waals surface area contributed by atoms with Crippen molar-refractivity contribution in [3.63, 3.8) is 0 Å². The van der Waals surface area contributed by atoms with Crippen LogP contribution in [0.3, 0.4) is 0 Å². The molecule has 0 radical (unpaired) electrons. The Hall–Kier alpha value is -0.850. The molecule has 102 valence electrons. The first-order valence-corrected chi connectivity index (χ1v) is 8.27. The van der Waals surface area contributed by atoms with E-state index in [1.54, 1.807) is 23.1 Å². The Morgan fingerprint density at radius 2 is 2.42 bits per heavy atom. The quantitative estimate of drug-likeness (QED) is 0.692. The van der Waals surface area contributed by atoms with E-state index in [1.165, 1.54) is 23.1 Å². The molecule has 6 heteroatoms. The van der Waals surface area contributed by atoms with Gasteiger partial charge in [-0.1, -0.05) is 0 Å². The summed E-state index contributed by atoms with van der Waals surface area (Å²) in [6, 6.07) is 2.18. The average molecular weight is 295 g/mol. The maximum absolute atomic E-state index is 5.67. The molecule has 3 rings (SSSR count). The van der Waals surface area contributed by atoms with Gasteiger partial charge in [0.15, 0.2) is 0 Å². The molecule has 0 amide bonds. The highest BCUT2D eigenvalue weighted by molar-refractivity contribution is 7.99. The summed E-state index contributed by atoms with van der Waals surface area (Å²) in [5.74, 6) is 1.67. The SMILES string of the molecule is CNc1nc(SCC2CCCO2)c2cc(C)sc2n1. The van der Waals surface area contributed by atoms with Crippen LogP contribution in [-0.4, -0.2) is 35.5 Å². The lowest BCUT2D eigenvalue weighted by Gasteiger charge is -2.09. The van der Waals surface area contributed by atoms with Crippen molar-refractivity contribution in [3.8, 4) is 0 Å². The largest absolute Gasteiger partial charge is 0.377 e. The summed E-state index contributed by atoms with van der Waals surface area (Å²) >= 11 is 3.50. The minimum absolute atomic E-state index is 0.382. The summed E-state index contributed by atoms with van der Waals surface area (Å²) in [7, 11) is 1.86. The van der Waals surface area contributed by atoms with E-state index in [1.807, 2.05) is 7.05 Å². The number of nitrogens with zero attached hydrogens (tertiary/aromatic N) is 2. The molecule has 0 spiro atoms. The van der Waals surface area contributed by atoms with Crippen LogP contribution in [0.1, 0.15) is 17.7 Å². The zero-order chi connectivity index (χ0) is 13.2. The molecule has 0 saturated carbocycles. The first kappa shape index (κ1) is 13.1. The van der Waals surface area contributed by atoms with Crippen LogP contribution in [0.5, 0.6) is 0 Å². The first-order valence-electron chi connectivity index (χ1n) is 6.46. The van der Waals surface area contributed by atoms with Gasteiger partial charge in [-0.15, -0.1) is 23.1 Å². The topological polar surface area (TPSA) is 47.0 Å². The molecule has 3 heterocycles. The molecule has 2 aromatic rings. The molecule has 1 unspecified atom stereocenters. The van der Waals surface area contributed by atoms with Gasteiger partial charge in [-0.3, -0.25) is 0 Å². The number of thioether (sulfide) groups is 1. The minimum atomic E-state index is 0.382. The summed E-state index contributed by atoms with van der Waals surface area (Å²) in [5, 5.41) is 5.27. The summed E-state index contributed by atoms with van der Waals surface area (Å²) in [6.07, 6.45) is 2.74. The van der Waals surface area contributed by atoms with Crippen molar-refractivity contribution in [2.75, 3.05) is 24.7 Å². The minimum Gasteiger partial charge on any atom is -0.377 e. The molecule has 0 aromatic carbocycles. The predicted octanol–water partition coefficient (Wildman–Crippen LogP) is 3.31. The Balaban J connectivity index is 1.86. The van der Waals surface area contributed by atoms with Crippen molar-refractivity contribution in [1.82, 2.24) is 9.97 Å². The molecule has 1 atom stereocenters. The maximum atomic E-state index is 5.67. The number of rotatable bonds is 4. The van der Waals surface area contributed by atoms with Crippen LogP contribution in [0, 0.1) is 6.92 Å². The predicted molar refractivity (Wildman–Crippen MR) is 81.4 cm³/mol. The van der Waals surface area contributed by atoms with E-state index in [4.69, 9.17) is 4.74 Å². The van der Waals surface area contributed by atoms with Crippen LogP contribution in [-0.2, 0) is 4.74 Å². The van der Waals surface area contributed by atoms with Crippen LogP contribution in [0.2, 0.25) is 0 Å². The van der Waals surface area contributed by atoms with E-state index >= 15 is 0 Å². The maximum Gasteiger partial charge on any atom is 0.224 e. The summed E-state index contributed by atoms with van der Waals surface area (Å²) in [5.41, 5.74) is 0. The summed E-state index contributed by atoms with van der Waals surface area (Å²) in [4.78, 5) is 11.4. The Morgan fingerprint density at radius 1 is 1.53 bits per heavy atom. The third-order valence-electron chi connectivity index (χ3n) is 3.13. The van der Waals surface area contributed by atoms with Crippen molar-refractivity contribution in [1.29, 1.82) is 0 Å². The van der Waals surface area contributed by atoms with Gasteiger partial charge in [0.05, 0.1) is 6.10 Å². The third kappa shape index (κ3) is 2.85. The molecular formula is C13H17N3OS2. The van der Waals surface area contributed by atoms with Gasteiger partial charge in [-0.2, -0.15) is 0 Å². The smallest absolute Gasteiger partial charge is 0.224 e. The number of hydrogen-bond acceptors (Lipinski definition) is 6. The number of hydrogen-bond donors (Lipinski definition) is 1. The Bertz CT molecular complexity index is 579. The zero-order valence-electron chi connectivity index (χ0n) is 11.1. The summed E-state index contributed by atoms with van der Waals surface area (Å²) in [6.45, 7) is 3.02. The molecule has 19 heavy (non-hydrogen) atoms. The molecule has 0 bridgehead atoms. The highest BCUT2D eigenvalue weighted by Gasteiger charge is 2.17. The fraction of sp³-hybridized carbons (Fsp3) is 0.538. The molecule has 1 N–H and O–H groups in total. The zero-order valence-corrected chi connectivity index (χ0v) is 12.7. The number of fused-ring (bicyclic) bond motifs is 1. The van der Waals surface area contributed by atoms with Gasteiger partial charge in [0.2, 0.25) is 5.95 Å². The molecule has 1 aliphatic rings. The molecule has 1 saturated heterocycles. The van der Waals surface area contributed by atoms with Crippen molar-refractivity contribution in [2.24, 2.45) is 0 Å². The molecule has 1 fully saturated rings. The fourth-order valence-electron chi connectivity index (χ4n) is 2.19. The van der Waals surface area contributed by atoms with Crippen molar-refractivity contribution in [2.45, 2.75) is 30.9 Å². The van der Waals surface area contributed by atoms with Crippen LogP contribution in [0.4, 0.5) is 5.95 Å². The standard InChI is InChI=1S/C13H17N3OS2/c1-8-6-10-11(18-7-9-4-3-5-17-9)15-13(14-2)16-12(10)19-8/h6,9H,3-5,7H2,1-2H3,(H,14,15,16). The lowest BCUT2D eigenvalue weighted by atomic mass is 10.3. The highest BCUT2D eigenvalue weighted by Crippen LogP contribution is 2.33. The van der Waals surface area contributed by atoms with Gasteiger partial charge in [0.1, 0.15) is 9.86 Å². The number of anilines is 1. The van der Waals surface area contributed by atoms with E-state index in [-0.39, 0.29) is 0 Å². The second kappa shape index (κ2) is 5.64. The number of thiophene rings is 1. The van der Waals surface area contributed by atoms with Gasteiger partial charge < -0.3 is 10.1 Å². The van der Waals surface area contributed by atoms with Gasteiger partial charge in [-0.05, 0) is 25.8 Å². The van der Waals surface area contributed by atoms with Crippen LogP contribution in [0.25, 0.3) is 10.2 Å². The van der Waals surface area contributed by atoms with E-state index in [2.05, 4.69) is 28.3 Å². The van der Waals surface area contributed by atoms with Gasteiger partial charge >= 0.3 is 0 Å². The monoisotopic (exact) mass is 295 g/mol. The van der Waals surface area contributed by atoms with E-state index in [9.17, 15) is 0 Å². The van der Waals surface area contributed by atoms with Crippen LogP contribution < -0.4 is 5.32 Å². The van der Waals surface area contributed by atoms with E-state index in [0.29, 0.717) is 12.1 Å². The number of ether oxygens (including phenoxy) is 1. The lowest BCUT2D eigenvalue weighted by Crippen LogP contribution is -2.08. The van der Waals surface area contributed by atoms with Crippen molar-refractivity contribution in [3.05, 3.63) is 10.9 Å². The fourth-order valence-corrected chi connectivity index (χ4v) is 4.20. The molecule has 0 aliphatic carbocycles. The normalized spacial score (nSPS) is 19.2. The number of aromatic nitrogens is 2. The Morgan fingerprint density at radius 3 is 3.16 bits per heavy atom. The summed E-state index contributed by atoms with van der Waals surface area (Å²) < 4.78 is 5.67. The second-order valence-corrected chi connectivity index (χ2v) is 6.87. The van der Waals surface area contributed by atoms with E-state index < -0.39 is 0 Å². The molecule has 4 nitrogen and oxygen atoms in total. The first-order chi connectivity index (χ1) is 9.26. The number of nitrogens with one attached hydrogen (secondary N) is 1. The Kier molecular flexibility index (Phi) is 3.91. The second-order valence-electron chi connectivity index (χ2n) is 4.62. The Labute approximate surface area is 121 Å². The molecule has 2 aromatic heterocycles. The third-order valence-corrected chi connectivity index (χ3v) is 5.20. The van der Waals surface area contributed by atoms with Gasteiger partial charge in [-0.25, -0.2) is 9.97 Å². The number of aryl methyl sites for hydroxylation is 1. The van der Waals surface area contributed by atoms with Crippen molar-refractivity contribution >= 4 is 39.3 Å².